The van der Waals surface area contributed by atoms with Crippen molar-refractivity contribution in [3.8, 4) is 5.75 Å². The van der Waals surface area contributed by atoms with Crippen molar-refractivity contribution in [1.82, 2.24) is 0 Å². The standard InChI is InChI=1S/C15H18Cl2O/c1-18-9-6-7-12(13(16)8-9)15(17)14-10-4-2-3-5-11(10)14/h6-8,10-11,14-15H,2-5H2,1H3. The first-order chi connectivity index (χ1) is 8.72. The molecule has 3 rings (SSSR count). The second-order valence-corrected chi connectivity index (χ2v) is 6.36. The van der Waals surface area contributed by atoms with Crippen molar-refractivity contribution in [2.45, 2.75) is 31.1 Å². The summed E-state index contributed by atoms with van der Waals surface area (Å²) in [5.41, 5.74) is 1.07. The fraction of sp³-hybridized carbons (Fsp3) is 0.600. The maximum Gasteiger partial charge on any atom is 0.120 e. The molecular formula is C15H18Cl2O. The number of halogens is 2. The summed E-state index contributed by atoms with van der Waals surface area (Å²) in [5, 5.41) is 0.800. The van der Waals surface area contributed by atoms with Crippen molar-refractivity contribution in [3.63, 3.8) is 0 Å². The molecule has 2 fully saturated rings. The molecule has 3 atom stereocenters. The highest BCUT2D eigenvalue weighted by atomic mass is 35.5. The van der Waals surface area contributed by atoms with Crippen LogP contribution in [0.2, 0.25) is 5.02 Å². The lowest BCUT2D eigenvalue weighted by atomic mass is 10.0. The molecule has 98 valence electrons. The van der Waals surface area contributed by atoms with Crippen molar-refractivity contribution >= 4 is 23.2 Å². The van der Waals surface area contributed by atoms with Gasteiger partial charge >= 0.3 is 0 Å². The summed E-state index contributed by atoms with van der Waals surface area (Å²) in [7, 11) is 1.65. The average molecular weight is 285 g/mol. The van der Waals surface area contributed by atoms with Gasteiger partial charge in [-0.15, -0.1) is 11.6 Å². The zero-order valence-corrected chi connectivity index (χ0v) is 12.0. The minimum atomic E-state index is 0.0662. The van der Waals surface area contributed by atoms with Gasteiger partial charge in [-0.2, -0.15) is 0 Å². The van der Waals surface area contributed by atoms with Crippen molar-refractivity contribution in [3.05, 3.63) is 28.8 Å². The second-order valence-electron chi connectivity index (χ2n) is 5.48. The molecule has 3 heteroatoms. The highest BCUT2D eigenvalue weighted by molar-refractivity contribution is 6.33. The zero-order valence-electron chi connectivity index (χ0n) is 10.5. The quantitative estimate of drug-likeness (QED) is 0.705. The molecule has 2 saturated carbocycles. The van der Waals surface area contributed by atoms with E-state index in [1.807, 2.05) is 18.2 Å². The van der Waals surface area contributed by atoms with Gasteiger partial charge in [-0.25, -0.2) is 0 Å². The lowest BCUT2D eigenvalue weighted by molar-refractivity contribution is 0.414. The Kier molecular flexibility index (Phi) is 3.46. The van der Waals surface area contributed by atoms with Crippen molar-refractivity contribution < 1.29 is 4.74 Å². The van der Waals surface area contributed by atoms with Crippen molar-refractivity contribution in [2.24, 2.45) is 17.8 Å². The van der Waals surface area contributed by atoms with E-state index in [1.165, 1.54) is 25.7 Å². The third-order valence-electron chi connectivity index (χ3n) is 4.57. The summed E-state index contributed by atoms with van der Waals surface area (Å²) in [5.74, 6) is 3.12. The summed E-state index contributed by atoms with van der Waals surface area (Å²) in [6.45, 7) is 0. The van der Waals surface area contributed by atoms with E-state index in [1.54, 1.807) is 7.11 Å². The van der Waals surface area contributed by atoms with Gasteiger partial charge in [0.2, 0.25) is 0 Å². The molecule has 0 bridgehead atoms. The van der Waals surface area contributed by atoms with E-state index >= 15 is 0 Å². The molecule has 2 aliphatic carbocycles. The van der Waals surface area contributed by atoms with Gasteiger partial charge in [0.1, 0.15) is 5.75 Å². The van der Waals surface area contributed by atoms with Crippen molar-refractivity contribution in [1.29, 1.82) is 0 Å². The predicted molar refractivity (Wildman–Crippen MR) is 75.5 cm³/mol. The largest absolute Gasteiger partial charge is 0.497 e. The Morgan fingerprint density at radius 1 is 1.22 bits per heavy atom. The van der Waals surface area contributed by atoms with Gasteiger partial charge in [-0.3, -0.25) is 0 Å². The molecule has 0 aromatic heterocycles. The fourth-order valence-electron chi connectivity index (χ4n) is 3.55. The molecule has 0 aliphatic heterocycles. The van der Waals surface area contributed by atoms with Gasteiger partial charge in [0.25, 0.3) is 0 Å². The van der Waals surface area contributed by atoms with Crippen LogP contribution in [-0.4, -0.2) is 7.11 Å². The summed E-state index contributed by atoms with van der Waals surface area (Å²) < 4.78 is 5.17. The van der Waals surface area contributed by atoms with Crippen LogP contribution in [0.25, 0.3) is 0 Å². The molecule has 0 saturated heterocycles. The Morgan fingerprint density at radius 2 is 1.89 bits per heavy atom. The molecule has 0 heterocycles. The summed E-state index contributed by atoms with van der Waals surface area (Å²) in [6.07, 6.45) is 5.45. The molecule has 0 N–H and O–H groups in total. The highest BCUT2D eigenvalue weighted by Gasteiger charge is 2.54. The van der Waals surface area contributed by atoms with Gasteiger partial charge in [0.05, 0.1) is 12.5 Å². The molecule has 0 spiro atoms. The van der Waals surface area contributed by atoms with Crippen LogP contribution in [0.1, 0.15) is 36.6 Å². The van der Waals surface area contributed by atoms with Crippen LogP contribution in [-0.2, 0) is 0 Å². The van der Waals surface area contributed by atoms with Crippen LogP contribution < -0.4 is 4.74 Å². The maximum atomic E-state index is 6.65. The Labute approximate surface area is 118 Å². The number of methoxy groups -OCH3 is 1. The molecule has 1 nitrogen and oxygen atoms in total. The number of alkyl halides is 1. The van der Waals surface area contributed by atoms with Crippen molar-refractivity contribution in [2.75, 3.05) is 7.11 Å². The van der Waals surface area contributed by atoms with Crippen LogP contribution in [0.5, 0.6) is 5.75 Å². The zero-order chi connectivity index (χ0) is 12.7. The Hall–Kier alpha value is -0.400. The second kappa shape index (κ2) is 4.94. The molecule has 3 unspecified atom stereocenters. The number of rotatable bonds is 3. The molecule has 0 amide bonds. The Bertz CT molecular complexity index is 434. The third kappa shape index (κ3) is 2.12. The first kappa shape index (κ1) is 12.6. The van der Waals surface area contributed by atoms with E-state index in [4.69, 9.17) is 27.9 Å². The lowest BCUT2D eigenvalue weighted by Gasteiger charge is -2.12. The first-order valence-electron chi connectivity index (χ1n) is 6.70. The number of fused-ring (bicyclic) bond motifs is 1. The highest BCUT2D eigenvalue weighted by Crippen LogP contribution is 2.62. The van der Waals surface area contributed by atoms with E-state index in [2.05, 4.69) is 0 Å². The molecule has 1 aromatic carbocycles. The molecule has 0 radical (unpaired) electrons. The van der Waals surface area contributed by atoms with Gasteiger partial charge in [0.15, 0.2) is 0 Å². The normalized spacial score (nSPS) is 31.6. The smallest absolute Gasteiger partial charge is 0.120 e. The maximum absolute atomic E-state index is 6.65. The van der Waals surface area contributed by atoms with Gasteiger partial charge in [0, 0.05) is 5.02 Å². The SMILES string of the molecule is COc1ccc(C(Cl)C2C3CCCCC32)c(Cl)c1. The van der Waals surface area contributed by atoms with Crippen LogP contribution in [0.15, 0.2) is 18.2 Å². The number of ether oxygens (including phenoxy) is 1. The van der Waals surface area contributed by atoms with Crippen LogP contribution >= 0.6 is 23.2 Å². The van der Waals surface area contributed by atoms with Gasteiger partial charge < -0.3 is 4.74 Å². The monoisotopic (exact) mass is 284 g/mol. The summed E-state index contributed by atoms with van der Waals surface area (Å²) >= 11 is 13.0. The number of hydrogen-bond acceptors (Lipinski definition) is 1. The molecule has 2 aliphatic rings. The Morgan fingerprint density at radius 3 is 2.44 bits per heavy atom. The summed E-state index contributed by atoms with van der Waals surface area (Å²) in [6, 6.07) is 5.82. The van der Waals surface area contributed by atoms with Crippen LogP contribution in [0, 0.1) is 17.8 Å². The fourth-order valence-corrected chi connectivity index (χ4v) is 4.46. The van der Waals surface area contributed by atoms with Gasteiger partial charge in [-0.05, 0) is 48.3 Å². The van der Waals surface area contributed by atoms with E-state index < -0.39 is 0 Å². The number of hydrogen-bond donors (Lipinski definition) is 0. The van der Waals surface area contributed by atoms with E-state index in [-0.39, 0.29) is 5.38 Å². The Balaban J connectivity index is 1.78. The molecule has 18 heavy (non-hydrogen) atoms. The molecule has 1 aromatic rings. The van der Waals surface area contributed by atoms with Gasteiger partial charge in [-0.1, -0.05) is 30.5 Å². The topological polar surface area (TPSA) is 9.23 Å². The third-order valence-corrected chi connectivity index (χ3v) is 5.42. The first-order valence-corrected chi connectivity index (χ1v) is 7.51. The van der Waals surface area contributed by atoms with E-state index in [9.17, 15) is 0 Å². The lowest BCUT2D eigenvalue weighted by Crippen LogP contribution is -1.97. The predicted octanol–water partition coefficient (Wildman–Crippen LogP) is 5.06. The van der Waals surface area contributed by atoms with E-state index in [0.717, 1.165) is 28.2 Å². The van der Waals surface area contributed by atoms with E-state index in [0.29, 0.717) is 5.92 Å². The summed E-state index contributed by atoms with van der Waals surface area (Å²) in [4.78, 5) is 0. The molecular weight excluding hydrogens is 267 g/mol. The minimum absolute atomic E-state index is 0.0662. The minimum Gasteiger partial charge on any atom is -0.497 e. The van der Waals surface area contributed by atoms with Crippen LogP contribution in [0.4, 0.5) is 0 Å². The average Bonchev–Trinajstić information content (AvgIpc) is 3.12. The number of benzene rings is 1. The van der Waals surface area contributed by atoms with Crippen LogP contribution in [0.3, 0.4) is 0 Å².